The van der Waals surface area contributed by atoms with E-state index in [2.05, 4.69) is 4.98 Å². The summed E-state index contributed by atoms with van der Waals surface area (Å²) in [5.41, 5.74) is 0.203. The molecule has 1 amide bonds. The lowest BCUT2D eigenvalue weighted by molar-refractivity contribution is -0.0466. The summed E-state index contributed by atoms with van der Waals surface area (Å²) in [5.74, 6) is -1.34. The van der Waals surface area contributed by atoms with E-state index in [1.165, 1.54) is 18.3 Å². The van der Waals surface area contributed by atoms with Crippen LogP contribution in [0.25, 0.3) is 0 Å². The zero-order chi connectivity index (χ0) is 15.2. The Morgan fingerprint density at radius 3 is 2.86 bits per heavy atom. The van der Waals surface area contributed by atoms with Gasteiger partial charge in [-0.1, -0.05) is 0 Å². The maximum atomic E-state index is 12.1. The molecule has 1 saturated heterocycles. The Labute approximate surface area is 122 Å². The number of hydrogen-bond donors (Lipinski definition) is 1. The van der Waals surface area contributed by atoms with Crippen molar-refractivity contribution in [2.24, 2.45) is 0 Å². The van der Waals surface area contributed by atoms with E-state index >= 15 is 0 Å². The van der Waals surface area contributed by atoms with Gasteiger partial charge in [-0.3, -0.25) is 9.78 Å². The molecule has 7 heteroatoms. The molecule has 1 aliphatic heterocycles. The smallest absolute Gasteiger partial charge is 0.335 e. The quantitative estimate of drug-likeness (QED) is 0.743. The molecule has 0 bridgehead atoms. The van der Waals surface area contributed by atoms with Crippen LogP contribution >= 0.6 is 0 Å². The van der Waals surface area contributed by atoms with Crippen LogP contribution in [0, 0.1) is 0 Å². The number of ether oxygens (including phenoxy) is 2. The van der Waals surface area contributed by atoms with E-state index in [1.807, 2.05) is 0 Å². The van der Waals surface area contributed by atoms with Crippen molar-refractivity contribution in [1.82, 2.24) is 9.88 Å². The largest absolute Gasteiger partial charge is 0.478 e. The van der Waals surface area contributed by atoms with Crippen LogP contribution in [-0.2, 0) is 9.47 Å². The highest BCUT2D eigenvalue weighted by atomic mass is 16.5. The Morgan fingerprint density at radius 2 is 2.19 bits per heavy atom. The Balaban J connectivity index is 1.81. The number of methoxy groups -OCH3 is 1. The van der Waals surface area contributed by atoms with Crippen molar-refractivity contribution in [1.29, 1.82) is 0 Å². The van der Waals surface area contributed by atoms with Gasteiger partial charge in [-0.2, -0.15) is 0 Å². The average Bonchev–Trinajstić information content (AvgIpc) is 2.44. The molecule has 0 saturated carbocycles. The lowest BCUT2D eigenvalue weighted by Gasteiger charge is -2.38. The van der Waals surface area contributed by atoms with Gasteiger partial charge in [0.05, 0.1) is 11.7 Å². The number of likely N-dealkylation sites (tertiary alicyclic amines) is 1. The molecule has 1 aliphatic rings. The lowest BCUT2D eigenvalue weighted by Crippen LogP contribution is -2.55. The molecular weight excluding hydrogens is 276 g/mol. The zero-order valence-electron chi connectivity index (χ0n) is 11.8. The van der Waals surface area contributed by atoms with Crippen LogP contribution in [0.15, 0.2) is 18.3 Å². The molecule has 1 aromatic heterocycles. The first kappa shape index (κ1) is 15.4. The third-order valence-electron chi connectivity index (χ3n) is 3.21. The van der Waals surface area contributed by atoms with Crippen LogP contribution in [0.2, 0.25) is 0 Å². The second-order valence-corrected chi connectivity index (χ2v) is 4.78. The standard InChI is InChI=1S/C14H18N2O5/c1-20-5-2-6-21-11-8-16(9-11)13(17)12-7-10(14(18)19)3-4-15-12/h3-4,7,11H,2,5-6,8-9H2,1H3,(H,18,19). The maximum Gasteiger partial charge on any atom is 0.335 e. The number of amides is 1. The van der Waals surface area contributed by atoms with E-state index in [1.54, 1.807) is 12.0 Å². The molecule has 0 radical (unpaired) electrons. The molecule has 1 fully saturated rings. The van der Waals surface area contributed by atoms with E-state index in [0.717, 1.165) is 6.42 Å². The summed E-state index contributed by atoms with van der Waals surface area (Å²) in [4.78, 5) is 28.5. The number of carbonyl (C=O) groups is 2. The van der Waals surface area contributed by atoms with Gasteiger partial charge in [-0.25, -0.2) is 4.79 Å². The fourth-order valence-electron chi connectivity index (χ4n) is 2.01. The number of carbonyl (C=O) groups excluding carboxylic acids is 1. The molecule has 7 nitrogen and oxygen atoms in total. The van der Waals surface area contributed by atoms with Gasteiger partial charge in [0.2, 0.25) is 0 Å². The second-order valence-electron chi connectivity index (χ2n) is 4.78. The van der Waals surface area contributed by atoms with E-state index in [9.17, 15) is 9.59 Å². The summed E-state index contributed by atoms with van der Waals surface area (Å²) < 4.78 is 10.5. The number of hydrogen-bond acceptors (Lipinski definition) is 5. The summed E-state index contributed by atoms with van der Waals surface area (Å²) in [6.45, 7) is 2.27. The fourth-order valence-corrected chi connectivity index (χ4v) is 2.01. The third-order valence-corrected chi connectivity index (χ3v) is 3.21. The van der Waals surface area contributed by atoms with Gasteiger partial charge in [-0.15, -0.1) is 0 Å². The van der Waals surface area contributed by atoms with Gasteiger partial charge in [0.25, 0.3) is 5.91 Å². The molecule has 2 rings (SSSR count). The highest BCUT2D eigenvalue weighted by Gasteiger charge is 2.32. The summed E-state index contributed by atoms with van der Waals surface area (Å²) in [7, 11) is 1.64. The first-order chi connectivity index (χ1) is 10.1. The first-order valence-corrected chi connectivity index (χ1v) is 6.71. The number of carboxylic acid groups (broad SMARTS) is 1. The number of pyridine rings is 1. The van der Waals surface area contributed by atoms with Crippen molar-refractivity contribution in [2.75, 3.05) is 33.4 Å². The molecule has 0 aromatic carbocycles. The number of aromatic nitrogens is 1. The monoisotopic (exact) mass is 294 g/mol. The van der Waals surface area contributed by atoms with Gasteiger partial charge in [0.1, 0.15) is 5.69 Å². The van der Waals surface area contributed by atoms with Crippen LogP contribution in [0.3, 0.4) is 0 Å². The fraction of sp³-hybridized carbons (Fsp3) is 0.500. The van der Waals surface area contributed by atoms with Crippen LogP contribution in [0.4, 0.5) is 0 Å². The average molecular weight is 294 g/mol. The second kappa shape index (κ2) is 7.14. The highest BCUT2D eigenvalue weighted by Crippen LogP contribution is 2.15. The molecule has 1 N–H and O–H groups in total. The first-order valence-electron chi connectivity index (χ1n) is 6.71. The van der Waals surface area contributed by atoms with Crippen LogP contribution in [-0.4, -0.2) is 66.4 Å². The van der Waals surface area contributed by atoms with Crippen molar-refractivity contribution < 1.29 is 24.2 Å². The number of rotatable bonds is 7. The van der Waals surface area contributed by atoms with Crippen molar-refractivity contribution in [3.8, 4) is 0 Å². The predicted octanol–water partition coefficient (Wildman–Crippen LogP) is 0.657. The molecule has 21 heavy (non-hydrogen) atoms. The molecule has 1 aromatic rings. The Hall–Kier alpha value is -1.99. The van der Waals surface area contributed by atoms with E-state index in [4.69, 9.17) is 14.6 Å². The normalized spacial score (nSPS) is 14.8. The minimum Gasteiger partial charge on any atom is -0.478 e. The van der Waals surface area contributed by atoms with Crippen LogP contribution in [0.5, 0.6) is 0 Å². The van der Waals surface area contributed by atoms with Gasteiger partial charge in [0.15, 0.2) is 0 Å². The molecule has 0 unspecified atom stereocenters. The summed E-state index contributed by atoms with van der Waals surface area (Å²) >= 11 is 0. The lowest BCUT2D eigenvalue weighted by atomic mass is 10.1. The SMILES string of the molecule is COCCCOC1CN(C(=O)c2cc(C(=O)O)ccn2)C1. The molecule has 0 atom stereocenters. The van der Waals surface area contributed by atoms with Crippen molar-refractivity contribution in [2.45, 2.75) is 12.5 Å². The molecular formula is C14H18N2O5. The number of carboxylic acids is 1. The minimum absolute atomic E-state index is 0.0356. The molecule has 114 valence electrons. The molecule has 2 heterocycles. The topological polar surface area (TPSA) is 89.0 Å². The van der Waals surface area contributed by atoms with Crippen LogP contribution in [0.1, 0.15) is 27.3 Å². The number of nitrogens with zero attached hydrogens (tertiary/aromatic N) is 2. The molecule has 0 aliphatic carbocycles. The van der Waals surface area contributed by atoms with Crippen molar-refractivity contribution in [3.63, 3.8) is 0 Å². The summed E-state index contributed by atoms with van der Waals surface area (Å²) in [6, 6.07) is 2.65. The Kier molecular flexibility index (Phi) is 5.24. The third kappa shape index (κ3) is 3.99. The van der Waals surface area contributed by atoms with Gasteiger partial charge in [-0.05, 0) is 18.6 Å². The maximum absolute atomic E-state index is 12.1. The minimum atomic E-state index is -1.07. The summed E-state index contributed by atoms with van der Waals surface area (Å²) in [5, 5.41) is 8.90. The summed E-state index contributed by atoms with van der Waals surface area (Å²) in [6.07, 6.45) is 2.19. The predicted molar refractivity (Wildman–Crippen MR) is 73.3 cm³/mol. The molecule has 0 spiro atoms. The van der Waals surface area contributed by atoms with E-state index in [-0.39, 0.29) is 23.3 Å². The van der Waals surface area contributed by atoms with Crippen LogP contribution < -0.4 is 0 Å². The Bertz CT molecular complexity index is 514. The van der Waals surface area contributed by atoms with Crippen molar-refractivity contribution in [3.05, 3.63) is 29.6 Å². The van der Waals surface area contributed by atoms with Gasteiger partial charge >= 0.3 is 5.97 Å². The van der Waals surface area contributed by atoms with E-state index < -0.39 is 5.97 Å². The van der Waals surface area contributed by atoms with Crippen molar-refractivity contribution >= 4 is 11.9 Å². The number of aromatic carboxylic acids is 1. The Morgan fingerprint density at radius 1 is 1.43 bits per heavy atom. The van der Waals surface area contributed by atoms with Gasteiger partial charge < -0.3 is 19.5 Å². The zero-order valence-corrected chi connectivity index (χ0v) is 11.8. The highest BCUT2D eigenvalue weighted by molar-refractivity contribution is 5.96. The van der Waals surface area contributed by atoms with Gasteiger partial charge in [0, 0.05) is 39.6 Å². The van der Waals surface area contributed by atoms with E-state index in [0.29, 0.717) is 26.3 Å².